The number of thioether (sulfide) groups is 1. The van der Waals surface area contributed by atoms with Crippen molar-refractivity contribution in [1.82, 2.24) is 14.8 Å². The Morgan fingerprint density at radius 1 is 1.18 bits per heavy atom. The fourth-order valence-electron chi connectivity index (χ4n) is 2.60. The maximum atomic E-state index is 12.5. The van der Waals surface area contributed by atoms with Gasteiger partial charge in [0.05, 0.1) is 12.4 Å². The standard InChI is InChI=1S/C20H21ClN4O2S/c1-4-25-18(14-5-11-17(27-3)12-6-14)23-24-20(25)28-13(2)19(26)22-16-9-7-15(21)8-10-16/h5-13H,4H2,1-3H3,(H,22,26)/t13-/m1/s1. The van der Waals surface area contributed by atoms with Crippen molar-refractivity contribution in [3.8, 4) is 17.1 Å². The van der Waals surface area contributed by atoms with Gasteiger partial charge in [0.15, 0.2) is 11.0 Å². The predicted molar refractivity (Wildman–Crippen MR) is 113 cm³/mol. The van der Waals surface area contributed by atoms with Gasteiger partial charge < -0.3 is 14.6 Å². The van der Waals surface area contributed by atoms with Crippen LogP contribution in [-0.2, 0) is 11.3 Å². The van der Waals surface area contributed by atoms with Gasteiger partial charge in [0.2, 0.25) is 5.91 Å². The van der Waals surface area contributed by atoms with Crippen LogP contribution in [0.4, 0.5) is 5.69 Å². The fourth-order valence-corrected chi connectivity index (χ4v) is 3.64. The van der Waals surface area contributed by atoms with Gasteiger partial charge in [0.25, 0.3) is 0 Å². The van der Waals surface area contributed by atoms with Crippen LogP contribution in [-0.4, -0.2) is 33.0 Å². The Balaban J connectivity index is 1.73. The normalized spacial score (nSPS) is 11.9. The van der Waals surface area contributed by atoms with E-state index in [0.29, 0.717) is 22.4 Å². The number of hydrogen-bond acceptors (Lipinski definition) is 5. The SMILES string of the molecule is CCn1c(S[C@H](C)C(=O)Nc2ccc(Cl)cc2)nnc1-c1ccc(OC)cc1. The molecule has 3 aromatic rings. The molecule has 1 aromatic heterocycles. The molecule has 0 fully saturated rings. The van der Waals surface area contributed by atoms with Crippen LogP contribution >= 0.6 is 23.4 Å². The Bertz CT molecular complexity index is 942. The highest BCUT2D eigenvalue weighted by atomic mass is 35.5. The third-order valence-corrected chi connectivity index (χ3v) is 5.48. The maximum Gasteiger partial charge on any atom is 0.237 e. The number of amides is 1. The lowest BCUT2D eigenvalue weighted by Gasteiger charge is -2.13. The Hall–Kier alpha value is -2.51. The summed E-state index contributed by atoms with van der Waals surface area (Å²) in [5.74, 6) is 1.44. The molecule has 0 aliphatic rings. The number of carbonyl (C=O) groups is 1. The molecule has 1 amide bonds. The second-order valence-electron chi connectivity index (χ2n) is 6.04. The number of nitrogens with one attached hydrogen (secondary N) is 1. The van der Waals surface area contributed by atoms with Crippen LogP contribution in [0.3, 0.4) is 0 Å². The minimum absolute atomic E-state index is 0.107. The molecular formula is C20H21ClN4O2S. The summed E-state index contributed by atoms with van der Waals surface area (Å²) in [5.41, 5.74) is 1.65. The molecule has 0 unspecified atom stereocenters. The first-order chi connectivity index (χ1) is 13.5. The van der Waals surface area contributed by atoms with E-state index in [1.54, 1.807) is 31.4 Å². The number of ether oxygens (including phenoxy) is 1. The van der Waals surface area contributed by atoms with E-state index in [1.165, 1.54) is 11.8 Å². The van der Waals surface area contributed by atoms with E-state index in [-0.39, 0.29) is 11.2 Å². The van der Waals surface area contributed by atoms with Gasteiger partial charge in [0.1, 0.15) is 5.75 Å². The number of methoxy groups -OCH3 is 1. The van der Waals surface area contributed by atoms with Crippen molar-refractivity contribution in [1.29, 1.82) is 0 Å². The molecule has 1 heterocycles. The molecule has 8 heteroatoms. The lowest BCUT2D eigenvalue weighted by Crippen LogP contribution is -2.22. The average Bonchev–Trinajstić information content (AvgIpc) is 3.12. The Morgan fingerprint density at radius 3 is 2.46 bits per heavy atom. The molecule has 0 spiro atoms. The van der Waals surface area contributed by atoms with Crippen LogP contribution in [0, 0.1) is 0 Å². The Labute approximate surface area is 173 Å². The monoisotopic (exact) mass is 416 g/mol. The summed E-state index contributed by atoms with van der Waals surface area (Å²) < 4.78 is 7.20. The van der Waals surface area contributed by atoms with Gasteiger partial charge in [-0.05, 0) is 62.4 Å². The zero-order valence-electron chi connectivity index (χ0n) is 15.8. The third-order valence-electron chi connectivity index (χ3n) is 4.14. The van der Waals surface area contributed by atoms with Crippen molar-refractivity contribution in [3.63, 3.8) is 0 Å². The van der Waals surface area contributed by atoms with Crippen LogP contribution in [0.1, 0.15) is 13.8 Å². The largest absolute Gasteiger partial charge is 0.497 e. The second-order valence-corrected chi connectivity index (χ2v) is 7.78. The molecule has 1 atom stereocenters. The van der Waals surface area contributed by atoms with E-state index >= 15 is 0 Å². The zero-order chi connectivity index (χ0) is 20.1. The number of benzene rings is 2. The van der Waals surface area contributed by atoms with Crippen LogP contribution in [0.5, 0.6) is 5.75 Å². The van der Waals surface area contributed by atoms with Gasteiger partial charge in [-0.15, -0.1) is 10.2 Å². The molecule has 0 aliphatic heterocycles. The van der Waals surface area contributed by atoms with Gasteiger partial charge in [-0.25, -0.2) is 0 Å². The van der Waals surface area contributed by atoms with Gasteiger partial charge in [-0.1, -0.05) is 23.4 Å². The van der Waals surface area contributed by atoms with Crippen molar-refractivity contribution in [2.45, 2.75) is 30.8 Å². The molecule has 6 nitrogen and oxygen atoms in total. The number of rotatable bonds is 7. The Kier molecular flexibility index (Phi) is 6.59. The van der Waals surface area contributed by atoms with Crippen molar-refractivity contribution >= 4 is 35.0 Å². The molecule has 0 saturated carbocycles. The second kappa shape index (κ2) is 9.12. The number of nitrogens with zero attached hydrogens (tertiary/aromatic N) is 3. The van der Waals surface area contributed by atoms with Crippen LogP contribution in [0.2, 0.25) is 5.02 Å². The maximum absolute atomic E-state index is 12.5. The quantitative estimate of drug-likeness (QED) is 0.563. The van der Waals surface area contributed by atoms with E-state index in [4.69, 9.17) is 16.3 Å². The molecule has 0 aliphatic carbocycles. The highest BCUT2D eigenvalue weighted by Gasteiger charge is 2.20. The third kappa shape index (κ3) is 4.66. The Morgan fingerprint density at radius 2 is 1.86 bits per heavy atom. The number of carbonyl (C=O) groups excluding carboxylic acids is 1. The van der Waals surface area contributed by atoms with Crippen molar-refractivity contribution < 1.29 is 9.53 Å². The first kappa shape index (κ1) is 20.2. The number of hydrogen-bond donors (Lipinski definition) is 1. The molecule has 2 aromatic carbocycles. The molecule has 0 bridgehead atoms. The summed E-state index contributed by atoms with van der Waals surface area (Å²) in [6, 6.07) is 14.7. The average molecular weight is 417 g/mol. The highest BCUT2D eigenvalue weighted by molar-refractivity contribution is 8.00. The lowest BCUT2D eigenvalue weighted by atomic mass is 10.2. The lowest BCUT2D eigenvalue weighted by molar-refractivity contribution is -0.115. The van der Waals surface area contributed by atoms with Gasteiger partial charge in [-0.3, -0.25) is 4.79 Å². The minimum Gasteiger partial charge on any atom is -0.497 e. The molecule has 3 rings (SSSR count). The molecule has 0 saturated heterocycles. The first-order valence-electron chi connectivity index (χ1n) is 8.82. The first-order valence-corrected chi connectivity index (χ1v) is 10.1. The minimum atomic E-state index is -0.339. The number of aromatic nitrogens is 3. The number of halogens is 1. The van der Waals surface area contributed by atoms with Crippen molar-refractivity contribution in [3.05, 3.63) is 53.6 Å². The zero-order valence-corrected chi connectivity index (χ0v) is 17.4. The van der Waals surface area contributed by atoms with E-state index in [2.05, 4.69) is 15.5 Å². The fraction of sp³-hybridized carbons (Fsp3) is 0.250. The number of anilines is 1. The topological polar surface area (TPSA) is 69.0 Å². The van der Waals surface area contributed by atoms with E-state index in [0.717, 1.165) is 17.1 Å². The van der Waals surface area contributed by atoms with Crippen LogP contribution in [0.15, 0.2) is 53.7 Å². The van der Waals surface area contributed by atoms with Crippen LogP contribution in [0.25, 0.3) is 11.4 Å². The van der Waals surface area contributed by atoms with Gasteiger partial charge in [0, 0.05) is 22.8 Å². The molecule has 1 N–H and O–H groups in total. The summed E-state index contributed by atoms with van der Waals surface area (Å²) in [6.45, 7) is 4.57. The van der Waals surface area contributed by atoms with E-state index < -0.39 is 0 Å². The van der Waals surface area contributed by atoms with Crippen molar-refractivity contribution in [2.24, 2.45) is 0 Å². The van der Waals surface area contributed by atoms with Crippen LogP contribution < -0.4 is 10.1 Å². The van der Waals surface area contributed by atoms with Crippen molar-refractivity contribution in [2.75, 3.05) is 12.4 Å². The smallest absolute Gasteiger partial charge is 0.237 e. The summed E-state index contributed by atoms with van der Waals surface area (Å²) in [6.07, 6.45) is 0. The summed E-state index contributed by atoms with van der Waals surface area (Å²) in [5, 5.41) is 12.5. The molecule has 146 valence electrons. The highest BCUT2D eigenvalue weighted by Crippen LogP contribution is 2.28. The van der Waals surface area contributed by atoms with Gasteiger partial charge >= 0.3 is 0 Å². The molecule has 0 radical (unpaired) electrons. The summed E-state index contributed by atoms with van der Waals surface area (Å²) in [7, 11) is 1.63. The van der Waals surface area contributed by atoms with Gasteiger partial charge in [-0.2, -0.15) is 0 Å². The molecule has 28 heavy (non-hydrogen) atoms. The summed E-state index contributed by atoms with van der Waals surface area (Å²) >= 11 is 7.25. The van der Waals surface area contributed by atoms with E-state index in [1.807, 2.05) is 42.7 Å². The predicted octanol–water partition coefficient (Wildman–Crippen LogP) is 4.75. The molecular weight excluding hydrogens is 396 g/mol. The van der Waals surface area contributed by atoms with E-state index in [9.17, 15) is 4.79 Å². The summed E-state index contributed by atoms with van der Waals surface area (Å²) in [4.78, 5) is 12.5.